The first-order chi connectivity index (χ1) is 16.7. The highest BCUT2D eigenvalue weighted by molar-refractivity contribution is 5.75. The monoisotopic (exact) mass is 500 g/mol. The molecule has 2 N–H and O–H groups in total. The van der Waals surface area contributed by atoms with E-state index in [9.17, 15) is 9.59 Å². The first-order valence-corrected chi connectivity index (χ1v) is 14.8. The lowest BCUT2D eigenvalue weighted by atomic mass is 9.65. The van der Waals surface area contributed by atoms with E-state index in [0.29, 0.717) is 34.7 Å². The summed E-state index contributed by atoms with van der Waals surface area (Å²) < 4.78 is 0. The zero-order chi connectivity index (χ0) is 25.9. The fourth-order valence-electron chi connectivity index (χ4n) is 9.83. The topological polar surface area (TPSA) is 64.7 Å². The van der Waals surface area contributed by atoms with Crippen molar-refractivity contribution in [1.82, 2.24) is 20.4 Å². The van der Waals surface area contributed by atoms with Gasteiger partial charge in [-0.25, -0.2) is 9.59 Å². The second-order valence-electron chi connectivity index (χ2n) is 16.0. The average molecular weight is 501 g/mol. The molecule has 0 spiro atoms. The maximum atomic E-state index is 13.1. The van der Waals surface area contributed by atoms with Crippen LogP contribution in [-0.4, -0.2) is 60.1 Å². The second kappa shape index (κ2) is 9.08. The van der Waals surface area contributed by atoms with E-state index >= 15 is 0 Å². The Labute approximate surface area is 219 Å². The molecule has 204 valence electrons. The van der Waals surface area contributed by atoms with Crippen molar-refractivity contribution in [1.29, 1.82) is 0 Å². The fourth-order valence-corrected chi connectivity index (χ4v) is 9.83. The molecule has 6 nitrogen and oxygen atoms in total. The van der Waals surface area contributed by atoms with Crippen LogP contribution in [0.4, 0.5) is 9.59 Å². The Kier molecular flexibility index (Phi) is 6.60. The van der Waals surface area contributed by atoms with E-state index < -0.39 is 0 Å². The molecule has 0 aromatic carbocycles. The number of amides is 4. The van der Waals surface area contributed by atoms with E-state index in [1.807, 2.05) is 0 Å². The Morgan fingerprint density at radius 2 is 1.11 bits per heavy atom. The van der Waals surface area contributed by atoms with Crippen LogP contribution >= 0.6 is 0 Å². The second-order valence-corrected chi connectivity index (χ2v) is 16.0. The fraction of sp³-hybridized carbons (Fsp3) is 0.933. The van der Waals surface area contributed by atoms with Gasteiger partial charge >= 0.3 is 12.1 Å². The van der Waals surface area contributed by atoms with Gasteiger partial charge in [0, 0.05) is 38.3 Å². The zero-order valence-electron chi connectivity index (χ0n) is 23.9. The van der Waals surface area contributed by atoms with Crippen LogP contribution in [0.5, 0.6) is 0 Å². The van der Waals surface area contributed by atoms with Crippen molar-refractivity contribution in [2.24, 2.45) is 33.5 Å². The van der Waals surface area contributed by atoms with Gasteiger partial charge in [-0.15, -0.1) is 0 Å². The third kappa shape index (κ3) is 5.53. The molecule has 3 saturated carbocycles. The van der Waals surface area contributed by atoms with E-state index in [-0.39, 0.29) is 22.9 Å². The maximum Gasteiger partial charge on any atom is 0.317 e. The molecule has 2 saturated heterocycles. The molecule has 5 fully saturated rings. The Bertz CT molecular complexity index is 803. The number of nitrogens with one attached hydrogen (secondary N) is 2. The molecule has 5 aliphatic rings. The van der Waals surface area contributed by atoms with Crippen LogP contribution in [0.3, 0.4) is 0 Å². The number of rotatable bonds is 4. The van der Waals surface area contributed by atoms with Crippen molar-refractivity contribution in [2.45, 2.75) is 118 Å². The summed E-state index contributed by atoms with van der Waals surface area (Å²) in [6.45, 7) is 17.5. The van der Waals surface area contributed by atoms with Crippen LogP contribution < -0.4 is 10.6 Å². The molecule has 0 radical (unpaired) electrons. The van der Waals surface area contributed by atoms with Gasteiger partial charge in [0.05, 0.1) is 0 Å². The highest BCUT2D eigenvalue weighted by Crippen LogP contribution is 2.53. The molecule has 36 heavy (non-hydrogen) atoms. The molecule has 2 aliphatic heterocycles. The molecule has 6 atom stereocenters. The molecule has 4 amide bonds. The Hall–Kier alpha value is -1.46. The van der Waals surface area contributed by atoms with Crippen molar-refractivity contribution in [2.75, 3.05) is 26.2 Å². The minimum atomic E-state index is 0.147. The Balaban J connectivity index is 1.07. The van der Waals surface area contributed by atoms with Crippen molar-refractivity contribution < 1.29 is 9.59 Å². The van der Waals surface area contributed by atoms with E-state index in [0.717, 1.165) is 58.3 Å². The van der Waals surface area contributed by atoms with Crippen molar-refractivity contribution >= 4 is 12.1 Å². The molecule has 3 aliphatic carbocycles. The highest BCUT2D eigenvalue weighted by Gasteiger charge is 2.52. The number of nitrogens with zero attached hydrogens (tertiary/aromatic N) is 2. The predicted octanol–water partition coefficient (Wildman–Crippen LogP) is 6.01. The van der Waals surface area contributed by atoms with Crippen molar-refractivity contribution in [3.8, 4) is 0 Å². The lowest BCUT2D eigenvalue weighted by Crippen LogP contribution is -2.46. The van der Waals surface area contributed by atoms with Gasteiger partial charge in [-0.2, -0.15) is 0 Å². The van der Waals surface area contributed by atoms with Gasteiger partial charge in [-0.05, 0) is 91.3 Å². The van der Waals surface area contributed by atoms with Gasteiger partial charge in [0.25, 0.3) is 0 Å². The maximum absolute atomic E-state index is 13.1. The standard InChI is InChI=1S/C30H52N4O2/c1-27(2)11-23-13-29(5,17-27)19-33(23)25(35)31-15-21-8-7-9-22(10-21)16-32-26(36)34-20-30(6)14-24(34)12-28(3,4)18-30/h21-24H,7-20H2,1-6H3,(H,31,35)(H,32,36)/t21-,22+,23-,24+,29-,30-/m1/s1. The van der Waals surface area contributed by atoms with Crippen LogP contribution in [0.15, 0.2) is 0 Å². The highest BCUT2D eigenvalue weighted by atomic mass is 16.2. The number of carbonyl (C=O) groups excluding carboxylic acids is 2. The number of fused-ring (bicyclic) bond motifs is 4. The third-order valence-electron chi connectivity index (χ3n) is 10.3. The van der Waals surface area contributed by atoms with Crippen molar-refractivity contribution in [3.05, 3.63) is 0 Å². The van der Waals surface area contributed by atoms with Gasteiger partial charge in [0.2, 0.25) is 0 Å². The quantitative estimate of drug-likeness (QED) is 0.496. The first kappa shape index (κ1) is 26.2. The summed E-state index contributed by atoms with van der Waals surface area (Å²) in [5.74, 6) is 1.04. The molecule has 0 aromatic rings. The van der Waals surface area contributed by atoms with Gasteiger partial charge in [0.15, 0.2) is 0 Å². The van der Waals surface area contributed by atoms with Crippen LogP contribution in [0.2, 0.25) is 0 Å². The summed E-state index contributed by atoms with van der Waals surface area (Å²) in [7, 11) is 0. The Morgan fingerprint density at radius 3 is 1.53 bits per heavy atom. The summed E-state index contributed by atoms with van der Waals surface area (Å²) in [4.78, 5) is 30.6. The SMILES string of the molecule is CC1(C)C[C@@H]2C[C@@](C)(CN2C(=O)NC[C@@H]2CCC[C@H](CNC(=O)N3C[C@]4(C)C[C@@H]3CC(C)(C)C4)C2)C1. The van der Waals surface area contributed by atoms with E-state index in [2.05, 4.69) is 62.0 Å². The molecule has 0 aromatic heterocycles. The molecule has 2 heterocycles. The number of hydrogen-bond donors (Lipinski definition) is 2. The average Bonchev–Trinajstić information content (AvgIpc) is 3.16. The summed E-state index contributed by atoms with van der Waals surface area (Å²) in [5.41, 5.74) is 1.21. The Morgan fingerprint density at radius 1 is 0.694 bits per heavy atom. The molecular weight excluding hydrogens is 448 g/mol. The van der Waals surface area contributed by atoms with E-state index in [1.165, 1.54) is 32.1 Å². The van der Waals surface area contributed by atoms with Gasteiger partial charge in [-0.3, -0.25) is 0 Å². The smallest absolute Gasteiger partial charge is 0.317 e. The van der Waals surface area contributed by atoms with Gasteiger partial charge in [0.1, 0.15) is 0 Å². The molecule has 0 unspecified atom stereocenters. The van der Waals surface area contributed by atoms with Crippen LogP contribution in [0.25, 0.3) is 0 Å². The normalized spacial score (nSPS) is 40.7. The molecular formula is C30H52N4O2. The molecule has 6 heteroatoms. The largest absolute Gasteiger partial charge is 0.338 e. The van der Waals surface area contributed by atoms with Gasteiger partial charge < -0.3 is 20.4 Å². The number of urea groups is 2. The summed E-state index contributed by atoms with van der Waals surface area (Å²) >= 11 is 0. The van der Waals surface area contributed by atoms with Crippen LogP contribution in [-0.2, 0) is 0 Å². The summed E-state index contributed by atoms with van der Waals surface area (Å²) in [6.07, 6.45) is 11.6. The minimum Gasteiger partial charge on any atom is -0.338 e. The number of hydrogen-bond acceptors (Lipinski definition) is 2. The lowest BCUT2D eigenvalue weighted by molar-refractivity contribution is 0.128. The minimum absolute atomic E-state index is 0.147. The molecule has 5 rings (SSSR count). The van der Waals surface area contributed by atoms with E-state index in [4.69, 9.17) is 0 Å². The van der Waals surface area contributed by atoms with Gasteiger partial charge in [-0.1, -0.05) is 48.0 Å². The third-order valence-corrected chi connectivity index (χ3v) is 10.3. The zero-order valence-corrected chi connectivity index (χ0v) is 23.9. The predicted molar refractivity (Wildman–Crippen MR) is 145 cm³/mol. The lowest BCUT2D eigenvalue weighted by Gasteiger charge is -2.39. The van der Waals surface area contributed by atoms with E-state index in [1.54, 1.807) is 0 Å². The molecule has 4 bridgehead atoms. The first-order valence-electron chi connectivity index (χ1n) is 14.8. The number of likely N-dealkylation sites (tertiary alicyclic amines) is 2. The summed E-state index contributed by atoms with van der Waals surface area (Å²) in [6, 6.07) is 1.08. The van der Waals surface area contributed by atoms with Crippen LogP contribution in [0.1, 0.15) is 106 Å². The number of carbonyl (C=O) groups is 2. The summed E-state index contributed by atoms with van der Waals surface area (Å²) in [5, 5.41) is 6.62. The van der Waals surface area contributed by atoms with Crippen molar-refractivity contribution in [3.63, 3.8) is 0 Å². The van der Waals surface area contributed by atoms with Crippen LogP contribution in [0, 0.1) is 33.5 Å².